The Balaban J connectivity index is 2.95. The second kappa shape index (κ2) is 3.35. The molecule has 0 aliphatic carbocycles. The third kappa shape index (κ3) is 1.92. The van der Waals surface area contributed by atoms with E-state index in [0.717, 1.165) is 11.1 Å². The lowest BCUT2D eigenvalue weighted by Crippen LogP contribution is -1.91. The molecule has 0 radical (unpaired) electrons. The van der Waals surface area contributed by atoms with Gasteiger partial charge in [0.2, 0.25) is 0 Å². The van der Waals surface area contributed by atoms with Gasteiger partial charge >= 0.3 is 0 Å². The van der Waals surface area contributed by atoms with Crippen LogP contribution in [0.5, 0.6) is 0 Å². The summed E-state index contributed by atoms with van der Waals surface area (Å²) in [6.45, 7) is 5.52. The molecule has 1 N–H and O–H groups in total. The fraction of sp³-hybridized carbons (Fsp3) is 0.200. The molecule has 0 amide bonds. The maximum atomic E-state index is 9.34. The molecular weight excluding hydrogens is 136 g/mol. The third-order valence-corrected chi connectivity index (χ3v) is 1.61. The Kier molecular flexibility index (Phi) is 2.44. The fourth-order valence-corrected chi connectivity index (χ4v) is 0.990. The number of rotatable bonds is 2. The maximum Gasteiger partial charge on any atom is 0.0969 e. The number of aliphatic hydroxyl groups excluding tert-OH is 1. The van der Waals surface area contributed by atoms with E-state index < -0.39 is 6.10 Å². The zero-order chi connectivity index (χ0) is 8.27. The predicted molar refractivity (Wildman–Crippen MR) is 46.3 cm³/mol. The highest BCUT2D eigenvalue weighted by Gasteiger charge is 2.00. The van der Waals surface area contributed by atoms with E-state index in [1.54, 1.807) is 0 Å². The summed E-state index contributed by atoms with van der Waals surface area (Å²) >= 11 is 0. The highest BCUT2D eigenvalue weighted by atomic mass is 16.3. The quantitative estimate of drug-likeness (QED) is 0.637. The van der Waals surface area contributed by atoms with E-state index in [0.29, 0.717) is 0 Å². The average Bonchev–Trinajstić information content (AvgIpc) is 2.03. The Morgan fingerprint density at radius 1 is 1.55 bits per heavy atom. The summed E-state index contributed by atoms with van der Waals surface area (Å²) in [5.41, 5.74) is 2.06. The number of aryl methyl sites for hydroxylation is 1. The smallest absolute Gasteiger partial charge is 0.0969 e. The molecule has 58 valence electrons. The van der Waals surface area contributed by atoms with Crippen molar-refractivity contribution in [2.45, 2.75) is 13.0 Å². The van der Waals surface area contributed by atoms with Gasteiger partial charge < -0.3 is 5.11 Å². The van der Waals surface area contributed by atoms with Crippen LogP contribution in [0.3, 0.4) is 0 Å². The number of aliphatic hydroxyl groups is 1. The van der Waals surface area contributed by atoms with Crippen molar-refractivity contribution in [3.63, 3.8) is 0 Å². The van der Waals surface area contributed by atoms with Gasteiger partial charge in [-0.2, -0.15) is 0 Å². The van der Waals surface area contributed by atoms with Gasteiger partial charge in [-0.15, -0.1) is 6.58 Å². The van der Waals surface area contributed by atoms with Crippen LogP contribution in [-0.2, 0) is 0 Å². The lowest BCUT2D eigenvalue weighted by atomic mass is 10.1. The Morgan fingerprint density at radius 2 is 2.27 bits per heavy atom. The van der Waals surface area contributed by atoms with Crippen molar-refractivity contribution in [2.75, 3.05) is 0 Å². The fourth-order valence-electron chi connectivity index (χ4n) is 0.990. The van der Waals surface area contributed by atoms with Crippen LogP contribution >= 0.6 is 0 Å². The van der Waals surface area contributed by atoms with E-state index >= 15 is 0 Å². The monoisotopic (exact) mass is 148 g/mol. The zero-order valence-corrected chi connectivity index (χ0v) is 6.62. The molecule has 0 spiro atoms. The molecule has 1 atom stereocenters. The van der Waals surface area contributed by atoms with Gasteiger partial charge in [-0.25, -0.2) is 0 Å². The molecule has 1 nitrogen and oxygen atoms in total. The molecule has 0 fully saturated rings. The van der Waals surface area contributed by atoms with Crippen molar-refractivity contribution in [3.8, 4) is 0 Å². The minimum atomic E-state index is -0.533. The van der Waals surface area contributed by atoms with Gasteiger partial charge in [-0.1, -0.05) is 35.9 Å². The van der Waals surface area contributed by atoms with Gasteiger partial charge in [0, 0.05) is 0 Å². The summed E-state index contributed by atoms with van der Waals surface area (Å²) in [5, 5.41) is 9.34. The van der Waals surface area contributed by atoms with Crippen molar-refractivity contribution in [1.82, 2.24) is 0 Å². The highest BCUT2D eigenvalue weighted by Crippen LogP contribution is 2.14. The second-order valence-corrected chi connectivity index (χ2v) is 2.59. The van der Waals surface area contributed by atoms with Crippen LogP contribution in [-0.4, -0.2) is 5.11 Å². The standard InChI is InChI=1S/C10H12O/c1-3-10(11)9-6-4-5-8(2)7-9/h3-7,10-11H,1H2,2H3/t10-/m1/s1. The van der Waals surface area contributed by atoms with Crippen molar-refractivity contribution >= 4 is 0 Å². The van der Waals surface area contributed by atoms with Crippen LogP contribution in [0.25, 0.3) is 0 Å². The number of hydrogen-bond acceptors (Lipinski definition) is 1. The largest absolute Gasteiger partial charge is 0.384 e. The number of benzene rings is 1. The van der Waals surface area contributed by atoms with Crippen LogP contribution < -0.4 is 0 Å². The van der Waals surface area contributed by atoms with Gasteiger partial charge in [0.05, 0.1) is 6.10 Å². The molecule has 0 saturated heterocycles. The van der Waals surface area contributed by atoms with E-state index in [1.165, 1.54) is 6.08 Å². The SMILES string of the molecule is C=C[C@@H](O)c1cccc(C)c1. The number of hydrogen-bond donors (Lipinski definition) is 1. The summed E-state index contributed by atoms with van der Waals surface area (Å²) in [5.74, 6) is 0. The van der Waals surface area contributed by atoms with Crippen molar-refractivity contribution in [1.29, 1.82) is 0 Å². The van der Waals surface area contributed by atoms with E-state index in [9.17, 15) is 5.11 Å². The van der Waals surface area contributed by atoms with Crippen LogP contribution in [0.15, 0.2) is 36.9 Å². The topological polar surface area (TPSA) is 20.2 Å². The van der Waals surface area contributed by atoms with E-state index in [-0.39, 0.29) is 0 Å². The average molecular weight is 148 g/mol. The highest BCUT2D eigenvalue weighted by molar-refractivity contribution is 5.25. The van der Waals surface area contributed by atoms with Crippen molar-refractivity contribution < 1.29 is 5.11 Å². The molecule has 1 rings (SSSR count). The summed E-state index contributed by atoms with van der Waals surface area (Å²) in [6.07, 6.45) is 0.990. The van der Waals surface area contributed by atoms with Crippen LogP contribution in [0, 0.1) is 6.92 Å². The molecule has 0 saturated carbocycles. The van der Waals surface area contributed by atoms with Crippen LogP contribution in [0.4, 0.5) is 0 Å². The molecule has 11 heavy (non-hydrogen) atoms. The Labute approximate surface area is 67.0 Å². The van der Waals surface area contributed by atoms with Gasteiger partial charge in [-0.05, 0) is 12.5 Å². The second-order valence-electron chi connectivity index (χ2n) is 2.59. The molecule has 0 bridgehead atoms. The first-order valence-corrected chi connectivity index (χ1v) is 3.61. The first kappa shape index (κ1) is 8.02. The summed E-state index contributed by atoms with van der Waals surface area (Å²) in [6, 6.07) is 7.77. The molecule has 1 heteroatoms. The first-order chi connectivity index (χ1) is 5.24. The first-order valence-electron chi connectivity index (χ1n) is 3.61. The lowest BCUT2D eigenvalue weighted by molar-refractivity contribution is 0.229. The van der Waals surface area contributed by atoms with Crippen molar-refractivity contribution in [3.05, 3.63) is 48.0 Å². The lowest BCUT2D eigenvalue weighted by Gasteiger charge is -2.05. The maximum absolute atomic E-state index is 9.34. The van der Waals surface area contributed by atoms with Crippen LogP contribution in [0.1, 0.15) is 17.2 Å². The van der Waals surface area contributed by atoms with Crippen LogP contribution in [0.2, 0.25) is 0 Å². The molecule has 0 unspecified atom stereocenters. The van der Waals surface area contributed by atoms with Gasteiger partial charge in [0.15, 0.2) is 0 Å². The van der Waals surface area contributed by atoms with E-state index in [2.05, 4.69) is 6.58 Å². The van der Waals surface area contributed by atoms with Gasteiger partial charge in [0.1, 0.15) is 0 Å². The minimum Gasteiger partial charge on any atom is -0.384 e. The molecular formula is C10H12O. The molecule has 0 aliphatic rings. The summed E-state index contributed by atoms with van der Waals surface area (Å²) in [4.78, 5) is 0. The normalized spacial score (nSPS) is 12.5. The van der Waals surface area contributed by atoms with E-state index in [4.69, 9.17) is 0 Å². The van der Waals surface area contributed by atoms with Crippen molar-refractivity contribution in [2.24, 2.45) is 0 Å². The van der Waals surface area contributed by atoms with Gasteiger partial charge in [-0.3, -0.25) is 0 Å². The van der Waals surface area contributed by atoms with E-state index in [1.807, 2.05) is 31.2 Å². The Morgan fingerprint density at radius 3 is 2.82 bits per heavy atom. The summed E-state index contributed by atoms with van der Waals surface area (Å²) < 4.78 is 0. The predicted octanol–water partition coefficient (Wildman–Crippen LogP) is 2.21. The third-order valence-electron chi connectivity index (χ3n) is 1.61. The molecule has 0 heterocycles. The Hall–Kier alpha value is -1.08. The molecule has 1 aromatic carbocycles. The Bertz CT molecular complexity index is 253. The zero-order valence-electron chi connectivity index (χ0n) is 6.62. The minimum absolute atomic E-state index is 0.533. The molecule has 0 aromatic heterocycles. The van der Waals surface area contributed by atoms with Gasteiger partial charge in [0.25, 0.3) is 0 Å². The summed E-state index contributed by atoms with van der Waals surface area (Å²) in [7, 11) is 0. The molecule has 0 aliphatic heterocycles. The molecule has 1 aromatic rings.